The van der Waals surface area contributed by atoms with Gasteiger partial charge < -0.3 is 9.88 Å². The molecule has 0 radical (unpaired) electrons. The molecule has 0 saturated carbocycles. The summed E-state index contributed by atoms with van der Waals surface area (Å²) in [5.41, 5.74) is 0.271. The van der Waals surface area contributed by atoms with Crippen LogP contribution < -0.4 is 15.6 Å². The molecule has 0 aliphatic heterocycles. The average Bonchev–Trinajstić information content (AvgIpc) is 2.60. The molecule has 27 heavy (non-hydrogen) atoms. The summed E-state index contributed by atoms with van der Waals surface area (Å²) in [5.74, 6) is -1.14. The van der Waals surface area contributed by atoms with Gasteiger partial charge in [-0.3, -0.25) is 14.3 Å². The molecule has 146 valence electrons. The first-order chi connectivity index (χ1) is 12.6. The van der Waals surface area contributed by atoms with Crippen LogP contribution >= 0.6 is 11.6 Å². The van der Waals surface area contributed by atoms with Gasteiger partial charge in [0.15, 0.2) is 0 Å². The van der Waals surface area contributed by atoms with Crippen LogP contribution in [0.4, 0.5) is 10.1 Å². The first kappa shape index (κ1) is 20.9. The van der Waals surface area contributed by atoms with Crippen LogP contribution in [0.3, 0.4) is 0 Å². The van der Waals surface area contributed by atoms with E-state index in [0.717, 1.165) is 10.6 Å². The second-order valence-electron chi connectivity index (χ2n) is 5.80. The lowest BCUT2D eigenvalue weighted by Gasteiger charge is -2.13. The standard InChI is InChI=1S/C17H19ClFN3O4S/c1-3-27(25,26)21-15-7-4-11(2)22(17(15)24)10-16(23)20-9-12-5-6-13(19)8-14(12)18/h4-8,21H,3,9-10H2,1-2H3,(H,20,23). The Kier molecular flexibility index (Phi) is 6.61. The van der Waals surface area contributed by atoms with Gasteiger partial charge >= 0.3 is 0 Å². The highest BCUT2D eigenvalue weighted by Gasteiger charge is 2.14. The van der Waals surface area contributed by atoms with Crippen molar-refractivity contribution < 1.29 is 17.6 Å². The van der Waals surface area contributed by atoms with E-state index in [0.29, 0.717) is 11.3 Å². The number of carbonyl (C=O) groups excluding carboxylic acids is 1. The molecule has 0 saturated heterocycles. The summed E-state index contributed by atoms with van der Waals surface area (Å²) in [6, 6.07) is 6.72. The first-order valence-corrected chi connectivity index (χ1v) is 10.1. The molecule has 7 nitrogen and oxygen atoms in total. The summed E-state index contributed by atoms with van der Waals surface area (Å²) in [4.78, 5) is 24.7. The van der Waals surface area contributed by atoms with Gasteiger partial charge in [-0.25, -0.2) is 12.8 Å². The maximum atomic E-state index is 13.0. The van der Waals surface area contributed by atoms with Gasteiger partial charge in [0.2, 0.25) is 15.9 Å². The Morgan fingerprint density at radius 3 is 2.59 bits per heavy atom. The summed E-state index contributed by atoms with van der Waals surface area (Å²) < 4.78 is 39.8. The normalized spacial score (nSPS) is 11.3. The van der Waals surface area contributed by atoms with Crippen molar-refractivity contribution in [2.24, 2.45) is 0 Å². The summed E-state index contributed by atoms with van der Waals surface area (Å²) in [5, 5.41) is 2.78. The Morgan fingerprint density at radius 2 is 1.96 bits per heavy atom. The number of benzene rings is 1. The van der Waals surface area contributed by atoms with Crippen LogP contribution in [0.1, 0.15) is 18.2 Å². The van der Waals surface area contributed by atoms with Crippen LogP contribution in [-0.4, -0.2) is 24.6 Å². The number of hydrogen-bond acceptors (Lipinski definition) is 4. The monoisotopic (exact) mass is 415 g/mol. The lowest BCUT2D eigenvalue weighted by atomic mass is 10.2. The molecule has 0 spiro atoms. The van der Waals surface area contributed by atoms with Crippen LogP contribution in [-0.2, 0) is 27.9 Å². The minimum atomic E-state index is -3.62. The molecule has 1 aromatic heterocycles. The molecule has 2 aromatic rings. The van der Waals surface area contributed by atoms with E-state index in [4.69, 9.17) is 11.6 Å². The lowest BCUT2D eigenvalue weighted by molar-refractivity contribution is -0.121. The highest BCUT2D eigenvalue weighted by Crippen LogP contribution is 2.16. The molecule has 0 aliphatic rings. The third-order valence-corrected chi connectivity index (χ3v) is 5.47. The highest BCUT2D eigenvalue weighted by atomic mass is 35.5. The number of rotatable bonds is 7. The average molecular weight is 416 g/mol. The van der Waals surface area contributed by atoms with Crippen molar-refractivity contribution in [2.45, 2.75) is 26.9 Å². The SMILES string of the molecule is CCS(=O)(=O)Nc1ccc(C)n(CC(=O)NCc2ccc(F)cc2Cl)c1=O. The van der Waals surface area contributed by atoms with Crippen LogP contribution in [0.15, 0.2) is 35.1 Å². The minimum Gasteiger partial charge on any atom is -0.350 e. The second-order valence-corrected chi connectivity index (χ2v) is 8.22. The van der Waals surface area contributed by atoms with Gasteiger partial charge in [0, 0.05) is 17.3 Å². The Bertz CT molecular complexity index is 1020. The van der Waals surface area contributed by atoms with Crippen molar-refractivity contribution in [1.82, 2.24) is 9.88 Å². The molecule has 1 heterocycles. The van der Waals surface area contributed by atoms with Crippen LogP contribution in [0.25, 0.3) is 0 Å². The molecule has 10 heteroatoms. The topological polar surface area (TPSA) is 97.3 Å². The van der Waals surface area contributed by atoms with Crippen molar-refractivity contribution in [3.8, 4) is 0 Å². The second kappa shape index (κ2) is 8.53. The number of pyridine rings is 1. The Balaban J connectivity index is 2.14. The van der Waals surface area contributed by atoms with Crippen molar-refractivity contribution in [2.75, 3.05) is 10.5 Å². The van der Waals surface area contributed by atoms with Gasteiger partial charge in [0.25, 0.3) is 5.56 Å². The number of halogens is 2. The number of nitrogens with one attached hydrogen (secondary N) is 2. The quantitative estimate of drug-likeness (QED) is 0.723. The number of anilines is 1. The Labute approximate surface area is 161 Å². The third-order valence-electron chi connectivity index (χ3n) is 3.83. The van der Waals surface area contributed by atoms with Crippen LogP contribution in [0.2, 0.25) is 5.02 Å². The largest absolute Gasteiger partial charge is 0.350 e. The van der Waals surface area contributed by atoms with Crippen LogP contribution in [0, 0.1) is 12.7 Å². The van der Waals surface area contributed by atoms with Gasteiger partial charge in [-0.15, -0.1) is 0 Å². The van der Waals surface area contributed by atoms with Gasteiger partial charge in [-0.05, 0) is 43.7 Å². The number of hydrogen-bond donors (Lipinski definition) is 2. The zero-order valence-electron chi connectivity index (χ0n) is 14.8. The van der Waals surface area contributed by atoms with Gasteiger partial charge in [0.05, 0.1) is 5.75 Å². The Morgan fingerprint density at radius 1 is 1.26 bits per heavy atom. The molecular weight excluding hydrogens is 397 g/mol. The van der Waals surface area contributed by atoms with Crippen molar-refractivity contribution in [1.29, 1.82) is 0 Å². The molecule has 1 aromatic carbocycles. The van der Waals surface area contributed by atoms with Crippen molar-refractivity contribution in [3.63, 3.8) is 0 Å². The van der Waals surface area contributed by atoms with E-state index in [1.165, 1.54) is 25.1 Å². The zero-order valence-corrected chi connectivity index (χ0v) is 16.3. The fourth-order valence-electron chi connectivity index (χ4n) is 2.24. The molecule has 2 rings (SSSR count). The zero-order chi connectivity index (χ0) is 20.2. The maximum Gasteiger partial charge on any atom is 0.275 e. The molecule has 0 fully saturated rings. The number of aryl methyl sites for hydroxylation is 1. The fraction of sp³-hybridized carbons (Fsp3) is 0.294. The van der Waals surface area contributed by atoms with Crippen molar-refractivity contribution >= 4 is 33.2 Å². The fourth-order valence-corrected chi connectivity index (χ4v) is 3.11. The van der Waals surface area contributed by atoms with E-state index in [9.17, 15) is 22.4 Å². The summed E-state index contributed by atoms with van der Waals surface area (Å²) in [6.45, 7) is 2.84. The van der Waals surface area contributed by atoms with E-state index in [1.54, 1.807) is 13.0 Å². The maximum absolute atomic E-state index is 13.0. The van der Waals surface area contributed by atoms with E-state index in [-0.39, 0.29) is 29.6 Å². The van der Waals surface area contributed by atoms with E-state index in [1.807, 2.05) is 0 Å². The molecule has 0 bridgehead atoms. The summed E-state index contributed by atoms with van der Waals surface area (Å²) in [6.07, 6.45) is 0. The van der Waals surface area contributed by atoms with E-state index < -0.39 is 27.3 Å². The molecule has 2 N–H and O–H groups in total. The molecule has 0 aliphatic carbocycles. The summed E-state index contributed by atoms with van der Waals surface area (Å²) >= 11 is 5.91. The molecule has 0 unspecified atom stereocenters. The van der Waals surface area contributed by atoms with Gasteiger partial charge in [-0.2, -0.15) is 0 Å². The molecule has 0 atom stereocenters. The van der Waals surface area contributed by atoms with Gasteiger partial charge in [-0.1, -0.05) is 17.7 Å². The third kappa shape index (κ3) is 5.54. The highest BCUT2D eigenvalue weighted by molar-refractivity contribution is 7.92. The number of aromatic nitrogens is 1. The number of sulfonamides is 1. The summed E-state index contributed by atoms with van der Waals surface area (Å²) in [7, 11) is -3.62. The molecular formula is C17H19ClFN3O4S. The predicted octanol–water partition coefficient (Wildman–Crippen LogP) is 2.03. The van der Waals surface area contributed by atoms with Gasteiger partial charge in [0.1, 0.15) is 18.0 Å². The van der Waals surface area contributed by atoms with E-state index >= 15 is 0 Å². The van der Waals surface area contributed by atoms with Crippen molar-refractivity contribution in [3.05, 3.63) is 62.8 Å². The van der Waals surface area contributed by atoms with E-state index in [2.05, 4.69) is 10.0 Å². The van der Waals surface area contributed by atoms with Crippen LogP contribution in [0.5, 0.6) is 0 Å². The molecule has 1 amide bonds. The lowest BCUT2D eigenvalue weighted by Crippen LogP contribution is -2.34. The number of carbonyl (C=O) groups is 1. The first-order valence-electron chi connectivity index (χ1n) is 8.04. The number of nitrogens with zero attached hydrogens (tertiary/aromatic N) is 1. The number of amides is 1. The minimum absolute atomic E-state index is 0.0634. The predicted molar refractivity (Wildman–Crippen MR) is 102 cm³/mol. The Hall–Kier alpha value is -2.39. The smallest absolute Gasteiger partial charge is 0.275 e.